The van der Waals surface area contributed by atoms with Crippen molar-refractivity contribution in [1.29, 1.82) is 0 Å². The molecule has 4 rings (SSSR count). The molecule has 0 bridgehead atoms. The van der Waals surface area contributed by atoms with Gasteiger partial charge >= 0.3 is 0 Å². The van der Waals surface area contributed by atoms with E-state index in [1.807, 2.05) is 0 Å². The Kier molecular flexibility index (Phi) is 0.924. The highest BCUT2D eigenvalue weighted by Gasteiger charge is 2.31. The summed E-state index contributed by atoms with van der Waals surface area (Å²) in [6, 6.07) is 2.12. The molecule has 18 heavy (non-hydrogen) atoms. The van der Waals surface area contributed by atoms with Crippen molar-refractivity contribution in [2.45, 2.75) is 18.8 Å². The van der Waals surface area contributed by atoms with E-state index in [2.05, 4.69) is 0 Å². The second kappa shape index (κ2) is 3.69. The first kappa shape index (κ1) is 4.50. The minimum atomic E-state index is -2.83. The van der Waals surface area contributed by atoms with Gasteiger partial charge in [0.15, 0.2) is 0 Å². The average molecular weight is 245 g/mol. The van der Waals surface area contributed by atoms with E-state index >= 15 is 0 Å². The van der Waals surface area contributed by atoms with Gasteiger partial charge in [-0.2, -0.15) is 0 Å². The standard InChI is InChI=1S/C17H17N/c1-18-10-9-12-6-4-8-15-14-7-3-2-5-13(14)11-16(18)17(12)15/h2-8,16H,9-11H2,1H3/t16-/m1/s1/i4D,6D,8D,9D2,10D2,11D2,16D. The highest BCUT2D eigenvalue weighted by atomic mass is 15.1. The molecule has 0 amide bonds. The van der Waals surface area contributed by atoms with Crippen LogP contribution in [0, 0.1) is 0 Å². The van der Waals surface area contributed by atoms with Gasteiger partial charge in [0.25, 0.3) is 0 Å². The second-order valence-corrected chi connectivity index (χ2v) is 4.32. The Hall–Kier alpha value is -1.60. The first-order valence-corrected chi connectivity index (χ1v) is 5.72. The van der Waals surface area contributed by atoms with E-state index in [9.17, 15) is 0 Å². The second-order valence-electron chi connectivity index (χ2n) is 4.32. The third-order valence-electron chi connectivity index (χ3n) is 3.25. The van der Waals surface area contributed by atoms with Crippen molar-refractivity contribution in [3.8, 4) is 11.1 Å². The minimum Gasteiger partial charge on any atom is -0.299 e. The number of benzene rings is 2. The van der Waals surface area contributed by atoms with E-state index in [4.69, 9.17) is 13.7 Å². The zero-order chi connectivity index (χ0) is 21.0. The Bertz CT molecular complexity index is 1030. The van der Waals surface area contributed by atoms with Crippen molar-refractivity contribution in [3.63, 3.8) is 0 Å². The first-order valence-electron chi connectivity index (χ1n) is 10.7. The number of likely N-dealkylation sites (N-methyl/N-ethyl adjacent to an activating group) is 1. The normalized spacial score (nSPS) is 41.8. The van der Waals surface area contributed by atoms with Crippen LogP contribution in [-0.4, -0.2) is 18.4 Å². The fourth-order valence-electron chi connectivity index (χ4n) is 2.39. The predicted octanol–water partition coefficient (Wildman–Crippen LogP) is 3.44. The molecule has 1 aliphatic carbocycles. The van der Waals surface area contributed by atoms with Gasteiger partial charge in [0.1, 0.15) is 0 Å². The fourth-order valence-corrected chi connectivity index (χ4v) is 2.39. The Morgan fingerprint density at radius 3 is 3.11 bits per heavy atom. The summed E-state index contributed by atoms with van der Waals surface area (Å²) < 4.78 is 84.9. The lowest BCUT2D eigenvalue weighted by atomic mass is 9.77. The molecule has 0 aromatic heterocycles. The van der Waals surface area contributed by atoms with Crippen LogP contribution in [0.2, 0.25) is 0 Å². The zero-order valence-corrected chi connectivity index (χ0v) is 9.76. The largest absolute Gasteiger partial charge is 0.299 e. The lowest BCUT2D eigenvalue weighted by Gasteiger charge is -2.39. The van der Waals surface area contributed by atoms with Crippen LogP contribution >= 0.6 is 0 Å². The molecule has 2 aromatic carbocycles. The first-order chi connectivity index (χ1) is 12.7. The maximum atomic E-state index is 9.10. The average Bonchev–Trinajstić information content (AvgIpc) is 2.62. The Morgan fingerprint density at radius 1 is 1.28 bits per heavy atom. The number of hydrogen-bond donors (Lipinski definition) is 0. The van der Waals surface area contributed by atoms with Gasteiger partial charge in [-0.25, -0.2) is 0 Å². The number of nitrogens with zero attached hydrogens (tertiary/aromatic N) is 1. The van der Waals surface area contributed by atoms with Crippen molar-refractivity contribution in [1.82, 2.24) is 4.90 Å². The van der Waals surface area contributed by atoms with E-state index in [-0.39, 0.29) is 22.3 Å². The molecule has 0 saturated carbocycles. The molecule has 2 aromatic rings. The molecule has 90 valence electrons. The smallest absolute Gasteiger partial charge is 0.0629 e. The molecule has 0 fully saturated rings. The van der Waals surface area contributed by atoms with E-state index < -0.39 is 49.0 Å². The predicted molar refractivity (Wildman–Crippen MR) is 74.7 cm³/mol. The molecule has 0 unspecified atom stereocenters. The summed E-state index contributed by atoms with van der Waals surface area (Å²) >= 11 is 0. The molecule has 1 heteroatoms. The van der Waals surface area contributed by atoms with Crippen LogP contribution in [0.1, 0.15) is 36.4 Å². The van der Waals surface area contributed by atoms with Crippen molar-refractivity contribution in [3.05, 3.63) is 59.1 Å². The van der Waals surface area contributed by atoms with Crippen LogP contribution in [-0.2, 0) is 12.7 Å². The molecule has 2 aliphatic rings. The van der Waals surface area contributed by atoms with Crippen molar-refractivity contribution in [2.24, 2.45) is 0 Å². The van der Waals surface area contributed by atoms with Gasteiger partial charge in [0, 0.05) is 20.7 Å². The van der Waals surface area contributed by atoms with Crippen LogP contribution in [0.15, 0.2) is 42.4 Å². The molecule has 1 nitrogen and oxygen atoms in total. The van der Waals surface area contributed by atoms with Crippen LogP contribution in [0.25, 0.3) is 11.1 Å². The molecule has 1 heterocycles. The Labute approximate surface area is 122 Å². The molecule has 0 N–H and O–H groups in total. The van der Waals surface area contributed by atoms with Crippen LogP contribution in [0.5, 0.6) is 0 Å². The van der Waals surface area contributed by atoms with E-state index in [0.29, 0.717) is 4.90 Å². The van der Waals surface area contributed by atoms with Gasteiger partial charge < -0.3 is 0 Å². The molecule has 0 spiro atoms. The summed E-state index contributed by atoms with van der Waals surface area (Å²) in [5.41, 5.74) is -0.427. The summed E-state index contributed by atoms with van der Waals surface area (Å²) in [6.45, 7) is -2.83. The van der Waals surface area contributed by atoms with E-state index in [1.165, 1.54) is 6.07 Å². The van der Waals surface area contributed by atoms with Gasteiger partial charge in [-0.1, -0.05) is 42.4 Å². The molecule has 0 radical (unpaired) electrons. The Balaban J connectivity index is 2.34. The molecular weight excluding hydrogens is 218 g/mol. The fraction of sp³-hybridized carbons (Fsp3) is 0.294. The number of fused-ring (bicyclic) bond motifs is 2. The highest BCUT2D eigenvalue weighted by molar-refractivity contribution is 5.75. The maximum absolute atomic E-state index is 9.10. The molecule has 1 atom stereocenters. The van der Waals surface area contributed by atoms with Crippen LogP contribution in [0.4, 0.5) is 0 Å². The van der Waals surface area contributed by atoms with Gasteiger partial charge in [-0.15, -0.1) is 0 Å². The summed E-state index contributed by atoms with van der Waals surface area (Å²) in [4.78, 5) is 0.713. The van der Waals surface area contributed by atoms with Gasteiger partial charge in [0.2, 0.25) is 0 Å². The Morgan fingerprint density at radius 2 is 2.17 bits per heavy atom. The van der Waals surface area contributed by atoms with Crippen LogP contribution in [0.3, 0.4) is 0 Å². The monoisotopic (exact) mass is 245 g/mol. The van der Waals surface area contributed by atoms with E-state index in [1.54, 1.807) is 18.2 Å². The van der Waals surface area contributed by atoms with Gasteiger partial charge in [-0.05, 0) is 47.6 Å². The van der Waals surface area contributed by atoms with Gasteiger partial charge in [0.05, 0.1) is 5.48 Å². The minimum absolute atomic E-state index is 0.0166. The zero-order valence-electron chi connectivity index (χ0n) is 19.8. The third kappa shape index (κ3) is 1.31. The molecule has 1 aliphatic heterocycles. The SMILES string of the molecule is [2H]c1c([2H])c2c3c(c1[2H])C([2H])([2H])C([2H])([2H])N(C)[C@]3([2H])C([2H])([2H])c1ccccc1-2. The van der Waals surface area contributed by atoms with Crippen molar-refractivity contribution in [2.75, 3.05) is 13.5 Å². The number of rotatable bonds is 0. The lowest BCUT2D eigenvalue weighted by molar-refractivity contribution is 0.228. The quantitative estimate of drug-likeness (QED) is 0.687. The summed E-state index contributed by atoms with van der Waals surface area (Å²) in [6.07, 6.45) is -5.26. The summed E-state index contributed by atoms with van der Waals surface area (Å²) in [7, 11) is 1.14. The topological polar surface area (TPSA) is 3.24 Å². The maximum Gasteiger partial charge on any atom is 0.0629 e. The van der Waals surface area contributed by atoms with E-state index in [0.717, 1.165) is 7.05 Å². The lowest BCUT2D eigenvalue weighted by Crippen LogP contribution is -2.35. The van der Waals surface area contributed by atoms with Gasteiger partial charge in [-0.3, -0.25) is 4.90 Å². The van der Waals surface area contributed by atoms with Crippen molar-refractivity contribution < 1.29 is 13.7 Å². The summed E-state index contributed by atoms with van der Waals surface area (Å²) in [5.74, 6) is 0. The third-order valence-corrected chi connectivity index (χ3v) is 3.25. The highest BCUT2D eigenvalue weighted by Crippen LogP contribution is 2.44. The summed E-state index contributed by atoms with van der Waals surface area (Å²) in [5, 5.41) is 0. The number of hydrogen-bond acceptors (Lipinski definition) is 1. The van der Waals surface area contributed by atoms with Crippen molar-refractivity contribution >= 4 is 0 Å². The van der Waals surface area contributed by atoms with Crippen LogP contribution < -0.4 is 0 Å². The molecular formula is C17H17N. The molecule has 0 saturated heterocycles.